The lowest BCUT2D eigenvalue weighted by molar-refractivity contribution is 0.936. The number of hydrogen-bond donors (Lipinski definition) is 1. The van der Waals surface area contributed by atoms with E-state index < -0.39 is 0 Å². The Morgan fingerprint density at radius 2 is 2.38 bits per heavy atom. The van der Waals surface area contributed by atoms with Crippen LogP contribution in [-0.4, -0.2) is 15.9 Å². The normalized spacial score (nSPS) is 10.3. The topological polar surface area (TPSA) is 43.3 Å². The third-order valence-corrected chi connectivity index (χ3v) is 2.80. The minimum Gasteiger partial charge on any atom is -0.330 e. The van der Waals surface area contributed by atoms with Crippen molar-refractivity contribution in [3.63, 3.8) is 0 Å². The molecular weight excluding hydrogens is 206 g/mol. The molecule has 0 unspecified atom stereocenters. The van der Waals surface area contributed by atoms with Gasteiger partial charge in [-0.3, -0.25) is 4.40 Å². The molecule has 5 heteroatoms. The minimum absolute atomic E-state index is 0. The van der Waals surface area contributed by atoms with Crippen LogP contribution in [0.4, 0.5) is 0 Å². The van der Waals surface area contributed by atoms with Crippen LogP contribution in [0, 0.1) is 6.92 Å². The Morgan fingerprint density at radius 3 is 3.00 bits per heavy atom. The Bertz CT molecular complexity index is 393. The summed E-state index contributed by atoms with van der Waals surface area (Å²) >= 11 is 1.67. The molecule has 0 saturated carbocycles. The van der Waals surface area contributed by atoms with Crippen LogP contribution in [-0.2, 0) is 6.42 Å². The second-order valence-corrected chi connectivity index (χ2v) is 3.64. The fourth-order valence-electron chi connectivity index (χ4n) is 1.21. The molecule has 0 spiro atoms. The third-order valence-electron chi connectivity index (χ3n) is 1.84. The van der Waals surface area contributed by atoms with Gasteiger partial charge in [-0.05, 0) is 13.5 Å². The van der Waals surface area contributed by atoms with Crippen molar-refractivity contribution in [3.05, 3.63) is 23.0 Å². The monoisotopic (exact) mass is 217 g/mol. The lowest BCUT2D eigenvalue weighted by atomic mass is 10.3. The number of hydrogen-bond acceptors (Lipinski definition) is 3. The Labute approximate surface area is 87.0 Å². The number of rotatable bonds is 2. The van der Waals surface area contributed by atoms with Crippen LogP contribution < -0.4 is 5.73 Å². The second-order valence-electron chi connectivity index (χ2n) is 2.80. The predicted octanol–water partition coefficient (Wildman–Crippen LogP) is 1.63. The van der Waals surface area contributed by atoms with Crippen LogP contribution in [0.1, 0.15) is 11.4 Å². The van der Waals surface area contributed by atoms with Crippen LogP contribution in [0.15, 0.2) is 11.6 Å². The molecule has 2 rings (SSSR count). The van der Waals surface area contributed by atoms with Crippen molar-refractivity contribution in [2.45, 2.75) is 13.3 Å². The first kappa shape index (κ1) is 10.5. The van der Waals surface area contributed by atoms with Crippen molar-refractivity contribution in [1.29, 1.82) is 0 Å². The Hall–Kier alpha value is -0.580. The van der Waals surface area contributed by atoms with Gasteiger partial charge >= 0.3 is 0 Å². The van der Waals surface area contributed by atoms with Gasteiger partial charge in [0.1, 0.15) is 0 Å². The van der Waals surface area contributed by atoms with E-state index in [4.69, 9.17) is 5.73 Å². The highest BCUT2D eigenvalue weighted by molar-refractivity contribution is 7.15. The third kappa shape index (κ3) is 1.85. The number of nitrogens with zero attached hydrogens (tertiary/aromatic N) is 2. The Kier molecular flexibility index (Phi) is 3.30. The maximum Gasteiger partial charge on any atom is 0.194 e. The van der Waals surface area contributed by atoms with Gasteiger partial charge in [0, 0.05) is 23.7 Å². The minimum atomic E-state index is 0. The summed E-state index contributed by atoms with van der Waals surface area (Å²) in [4.78, 5) is 5.49. The number of imidazole rings is 1. The van der Waals surface area contributed by atoms with Gasteiger partial charge in [-0.2, -0.15) is 0 Å². The largest absolute Gasteiger partial charge is 0.330 e. The lowest BCUT2D eigenvalue weighted by Gasteiger charge is -1.87. The molecule has 0 bridgehead atoms. The van der Waals surface area contributed by atoms with E-state index in [1.165, 1.54) is 5.69 Å². The van der Waals surface area contributed by atoms with Gasteiger partial charge in [-0.1, -0.05) is 0 Å². The Morgan fingerprint density at radius 1 is 1.62 bits per heavy atom. The van der Waals surface area contributed by atoms with Crippen molar-refractivity contribution in [2.24, 2.45) is 5.73 Å². The van der Waals surface area contributed by atoms with E-state index in [1.54, 1.807) is 11.3 Å². The molecule has 2 aromatic rings. The van der Waals surface area contributed by atoms with Gasteiger partial charge in [0.05, 0.1) is 5.69 Å². The first-order valence-corrected chi connectivity index (χ1v) is 4.81. The van der Waals surface area contributed by atoms with Crippen molar-refractivity contribution in [3.8, 4) is 0 Å². The zero-order valence-corrected chi connectivity index (χ0v) is 8.99. The first-order chi connectivity index (χ1) is 5.81. The van der Waals surface area contributed by atoms with Crippen molar-refractivity contribution < 1.29 is 0 Å². The van der Waals surface area contributed by atoms with E-state index in [1.807, 2.05) is 0 Å². The molecule has 0 aliphatic carbocycles. The molecule has 13 heavy (non-hydrogen) atoms. The van der Waals surface area contributed by atoms with Gasteiger partial charge in [0.2, 0.25) is 0 Å². The molecule has 0 fully saturated rings. The van der Waals surface area contributed by atoms with Crippen molar-refractivity contribution in [1.82, 2.24) is 9.38 Å². The van der Waals surface area contributed by atoms with E-state index >= 15 is 0 Å². The van der Waals surface area contributed by atoms with E-state index in [0.29, 0.717) is 6.54 Å². The molecule has 0 atom stereocenters. The van der Waals surface area contributed by atoms with Crippen molar-refractivity contribution >= 4 is 28.7 Å². The molecule has 2 heterocycles. The molecule has 0 aliphatic rings. The van der Waals surface area contributed by atoms with Crippen LogP contribution in [0.2, 0.25) is 0 Å². The zero-order chi connectivity index (χ0) is 8.55. The van der Waals surface area contributed by atoms with Crippen LogP contribution >= 0.6 is 23.7 Å². The highest BCUT2D eigenvalue weighted by atomic mass is 35.5. The summed E-state index contributed by atoms with van der Waals surface area (Å²) in [5, 5.41) is 2.11. The predicted molar refractivity (Wildman–Crippen MR) is 57.8 cm³/mol. The van der Waals surface area contributed by atoms with E-state index in [2.05, 4.69) is 27.9 Å². The molecule has 2 N–H and O–H groups in total. The fourth-order valence-corrected chi connectivity index (χ4v) is 2.08. The van der Waals surface area contributed by atoms with Crippen LogP contribution in [0.5, 0.6) is 0 Å². The molecular formula is C8H12ClN3S. The number of fused-ring (bicyclic) bond motifs is 1. The molecule has 0 saturated heterocycles. The molecule has 3 nitrogen and oxygen atoms in total. The first-order valence-electron chi connectivity index (χ1n) is 3.93. The van der Waals surface area contributed by atoms with Gasteiger partial charge in [-0.25, -0.2) is 4.98 Å². The lowest BCUT2D eigenvalue weighted by Crippen LogP contribution is -2.02. The van der Waals surface area contributed by atoms with Gasteiger partial charge in [0.25, 0.3) is 0 Å². The summed E-state index contributed by atoms with van der Waals surface area (Å²) in [7, 11) is 0. The van der Waals surface area contributed by atoms with Crippen LogP contribution in [0.25, 0.3) is 4.96 Å². The summed E-state index contributed by atoms with van der Waals surface area (Å²) < 4.78 is 2.11. The van der Waals surface area contributed by atoms with E-state index in [0.717, 1.165) is 17.1 Å². The fraction of sp³-hybridized carbons (Fsp3) is 0.375. The molecule has 2 aromatic heterocycles. The summed E-state index contributed by atoms with van der Waals surface area (Å²) in [6.07, 6.45) is 2.93. The quantitative estimate of drug-likeness (QED) is 0.831. The number of halogens is 1. The average Bonchev–Trinajstić information content (AvgIpc) is 2.55. The number of aryl methyl sites for hydroxylation is 1. The van der Waals surface area contributed by atoms with E-state index in [-0.39, 0.29) is 12.4 Å². The summed E-state index contributed by atoms with van der Waals surface area (Å²) in [6, 6.07) is 0. The SMILES string of the molecule is Cc1csc2nc(CCN)cn12.Cl. The maximum atomic E-state index is 5.44. The zero-order valence-electron chi connectivity index (χ0n) is 7.36. The maximum absolute atomic E-state index is 5.44. The van der Waals surface area contributed by atoms with Crippen LogP contribution in [0.3, 0.4) is 0 Å². The molecule has 0 aliphatic heterocycles. The summed E-state index contributed by atoms with van der Waals surface area (Å²) in [5.74, 6) is 0. The molecule has 0 aromatic carbocycles. The summed E-state index contributed by atoms with van der Waals surface area (Å²) in [6.45, 7) is 2.75. The molecule has 0 radical (unpaired) electrons. The highest BCUT2D eigenvalue weighted by Gasteiger charge is 2.03. The second kappa shape index (κ2) is 4.09. The van der Waals surface area contributed by atoms with E-state index in [9.17, 15) is 0 Å². The average molecular weight is 218 g/mol. The Balaban J connectivity index is 0.000000845. The number of aromatic nitrogens is 2. The van der Waals surface area contributed by atoms with Gasteiger partial charge in [0.15, 0.2) is 4.96 Å². The summed E-state index contributed by atoms with van der Waals surface area (Å²) in [5.41, 5.74) is 7.78. The van der Waals surface area contributed by atoms with Gasteiger partial charge in [-0.15, -0.1) is 23.7 Å². The standard InChI is InChI=1S/C8H11N3S.ClH/c1-6-5-12-8-10-7(2-3-9)4-11(6)8;/h4-5H,2-3,9H2,1H3;1H. The smallest absolute Gasteiger partial charge is 0.194 e. The molecule has 0 amide bonds. The number of thiazole rings is 1. The number of nitrogens with two attached hydrogens (primary N) is 1. The van der Waals surface area contributed by atoms with Crippen molar-refractivity contribution in [2.75, 3.05) is 6.54 Å². The van der Waals surface area contributed by atoms with Gasteiger partial charge < -0.3 is 5.73 Å². The molecule has 72 valence electrons. The highest BCUT2D eigenvalue weighted by Crippen LogP contribution is 2.15.